The van der Waals surface area contributed by atoms with E-state index in [-0.39, 0.29) is 56.3 Å². The molecule has 4 aliphatic heterocycles. The molecule has 0 aromatic carbocycles. The lowest BCUT2D eigenvalue weighted by Crippen LogP contribution is -2.70. The maximum absolute atomic E-state index is 16.2. The van der Waals surface area contributed by atoms with E-state index in [9.17, 15) is 33.9 Å². The maximum atomic E-state index is 16.2. The van der Waals surface area contributed by atoms with Gasteiger partial charge in [-0.15, -0.1) is 0 Å². The van der Waals surface area contributed by atoms with E-state index in [0.717, 1.165) is 9.80 Å². The molecule has 14 atom stereocenters. The maximum Gasteiger partial charge on any atom is 0.246 e. The van der Waals surface area contributed by atoms with E-state index in [2.05, 4.69) is 21.3 Å². The van der Waals surface area contributed by atoms with Gasteiger partial charge in [-0.2, -0.15) is 0 Å². The molecule has 0 saturated carbocycles. The van der Waals surface area contributed by atoms with E-state index >= 15 is 24.0 Å². The molecule has 0 aromatic rings. The van der Waals surface area contributed by atoms with Crippen molar-refractivity contribution in [3.05, 3.63) is 12.2 Å². The highest BCUT2D eigenvalue weighted by molar-refractivity contribution is 6.00. The molecule has 23 heteroatoms. The van der Waals surface area contributed by atoms with Gasteiger partial charge in [0.15, 0.2) is 0 Å². The number of piperidine rings is 1. The van der Waals surface area contributed by atoms with Crippen LogP contribution in [0.4, 0.5) is 0 Å². The van der Waals surface area contributed by atoms with Crippen molar-refractivity contribution in [3.63, 3.8) is 0 Å². The summed E-state index contributed by atoms with van der Waals surface area (Å²) in [4.78, 5) is 173. The number of likely N-dealkylation sites (N-methyl/N-ethyl adjacent to an activating group) is 6. The van der Waals surface area contributed by atoms with Crippen molar-refractivity contribution in [2.75, 3.05) is 48.8 Å². The number of carbonyl (C=O) groups is 11. The highest BCUT2D eigenvalue weighted by Gasteiger charge is 2.53. The minimum atomic E-state index is -1.83. The second kappa shape index (κ2) is 30.4. The first kappa shape index (κ1) is 70.1. The fourth-order valence-corrected chi connectivity index (χ4v) is 11.5. The third-order valence-electron chi connectivity index (χ3n) is 16.6. The number of nitrogens with zero attached hydrogens (tertiary/aromatic N) is 7. The Morgan fingerprint density at radius 3 is 1.57 bits per heavy atom. The summed E-state index contributed by atoms with van der Waals surface area (Å²) in [6.07, 6.45) is 2.06. The monoisotopic (exact) mass is 1160 g/mol. The quantitative estimate of drug-likeness (QED) is 0.138. The lowest BCUT2D eigenvalue weighted by atomic mass is 9.80. The van der Waals surface area contributed by atoms with Gasteiger partial charge in [0.2, 0.25) is 65.0 Å². The first-order valence-corrected chi connectivity index (χ1v) is 29.5. The first-order valence-electron chi connectivity index (χ1n) is 29.5. The van der Waals surface area contributed by atoms with Crippen molar-refractivity contribution in [1.82, 2.24) is 55.6 Å². The Kier molecular flexibility index (Phi) is 26.0. The summed E-state index contributed by atoms with van der Waals surface area (Å²) in [5.41, 5.74) is 0. The number of carbonyl (C=O) groups excluding carboxylic acids is 11. The molecule has 4 aliphatic rings. The number of allylic oxidation sites excluding steroid dienone is 2. The third-order valence-corrected chi connectivity index (χ3v) is 16.6. The van der Waals surface area contributed by atoms with Crippen molar-refractivity contribution in [2.45, 2.75) is 214 Å². The van der Waals surface area contributed by atoms with E-state index < -0.39 is 168 Å². The van der Waals surface area contributed by atoms with Crippen LogP contribution in [0.5, 0.6) is 0 Å². The molecule has 5 N–H and O–H groups in total. The largest absolute Gasteiger partial charge is 0.390 e. The zero-order chi connectivity index (χ0) is 62.7. The molecule has 4 bridgehead atoms. The number of amides is 11. The van der Waals surface area contributed by atoms with Gasteiger partial charge >= 0.3 is 0 Å². The molecule has 0 aliphatic carbocycles. The van der Waals surface area contributed by atoms with Crippen LogP contribution in [-0.2, 0) is 52.7 Å². The molecule has 14 unspecified atom stereocenters. The summed E-state index contributed by atoms with van der Waals surface area (Å²) >= 11 is 0. The molecular formula is C59H101N11O12. The SMILES string of the molecule is C/C=C/CC(C)C(O)C1C(=O)NC(CC)C(=O)N(C)CC(=O)N(C)C(CC(C)C)C(=O)NC(C(C)C)C(=O)N(C)C2CC3CC(C)C(C(=O)N31)N(C)C(=O)C(CC(C)C)N(C)C(=O)C(CC(C)C)N(C)C(=O)C(C)NC(=O)C(C)NC2=O. The van der Waals surface area contributed by atoms with E-state index in [1.807, 2.05) is 41.5 Å². The Morgan fingerprint density at radius 1 is 0.549 bits per heavy atom. The van der Waals surface area contributed by atoms with Crippen LogP contribution in [0.3, 0.4) is 0 Å². The minimum Gasteiger partial charge on any atom is -0.390 e. The van der Waals surface area contributed by atoms with Crippen LogP contribution in [0.1, 0.15) is 142 Å². The lowest BCUT2D eigenvalue weighted by Gasteiger charge is -2.51. The topological polar surface area (TPSA) is 279 Å². The van der Waals surface area contributed by atoms with Crippen LogP contribution in [0, 0.1) is 35.5 Å². The van der Waals surface area contributed by atoms with Gasteiger partial charge in [0.25, 0.3) is 0 Å². The molecule has 464 valence electrons. The van der Waals surface area contributed by atoms with Crippen LogP contribution >= 0.6 is 0 Å². The highest BCUT2D eigenvalue weighted by atomic mass is 16.3. The van der Waals surface area contributed by atoms with Crippen molar-refractivity contribution in [1.29, 1.82) is 0 Å². The van der Waals surface area contributed by atoms with E-state index in [0.29, 0.717) is 0 Å². The van der Waals surface area contributed by atoms with Crippen LogP contribution in [0.25, 0.3) is 0 Å². The summed E-state index contributed by atoms with van der Waals surface area (Å²) in [6, 6.07) is -14.7. The molecular weight excluding hydrogens is 1050 g/mol. The van der Waals surface area contributed by atoms with Crippen molar-refractivity contribution in [2.24, 2.45) is 35.5 Å². The Morgan fingerprint density at radius 2 is 1.06 bits per heavy atom. The average molecular weight is 1160 g/mol. The van der Waals surface area contributed by atoms with Crippen molar-refractivity contribution in [3.8, 4) is 0 Å². The number of aliphatic hydroxyl groups is 1. The average Bonchev–Trinajstić information content (AvgIpc) is 3.28. The molecule has 4 saturated heterocycles. The summed E-state index contributed by atoms with van der Waals surface area (Å²) in [5.74, 6) is -10.6. The normalized spacial score (nSPS) is 30.2. The van der Waals surface area contributed by atoms with Gasteiger partial charge in [-0.1, -0.05) is 88.3 Å². The smallest absolute Gasteiger partial charge is 0.246 e. The number of nitrogens with one attached hydrogen (secondary N) is 4. The van der Waals surface area contributed by atoms with Crippen LogP contribution in [-0.4, -0.2) is 226 Å². The zero-order valence-corrected chi connectivity index (χ0v) is 52.8. The van der Waals surface area contributed by atoms with E-state index in [1.165, 1.54) is 80.6 Å². The summed E-state index contributed by atoms with van der Waals surface area (Å²) in [5, 5.41) is 23.8. The third kappa shape index (κ3) is 17.0. The molecule has 4 fully saturated rings. The molecule has 0 radical (unpaired) electrons. The molecule has 82 heavy (non-hydrogen) atoms. The molecule has 11 amide bonds. The van der Waals surface area contributed by atoms with Gasteiger partial charge in [0.1, 0.15) is 60.4 Å². The predicted octanol–water partition coefficient (Wildman–Crippen LogP) is 1.75. The number of fused-ring (bicyclic) bond motifs is 14. The fraction of sp³-hybridized carbons (Fsp3) is 0.780. The number of rotatable bonds is 12. The Balaban J connectivity index is 2.61. The van der Waals surface area contributed by atoms with Gasteiger partial charge in [0, 0.05) is 48.3 Å². The first-order chi connectivity index (χ1) is 38.0. The van der Waals surface area contributed by atoms with Gasteiger partial charge in [0.05, 0.1) is 12.6 Å². The minimum absolute atomic E-state index is 0.00965. The van der Waals surface area contributed by atoms with Crippen LogP contribution in [0.2, 0.25) is 0 Å². The standard InChI is InChI=1S/C59H101N11O12/c1-21-23-24-35(11)49(72)48-53(76)62-40(22-2)55(78)64(15)30-45(71)65(16)41(25-31(3)4)52(75)63-46(34(9)10)58(81)66(17)42-29-39-28-36(12)47(59(82)70(39)48)69(20)57(80)44(27-33(7)8)68(19)56(79)43(26-32(5)6)67(18)54(77)38(14)61-50(73)37(13)60-51(42)74/h21,23,31-44,46-49,72H,22,24-30H2,1-20H3,(H,60,74)(H,61,73)(H,62,76)(H,63,75)/b23-21+. The molecule has 0 spiro atoms. The number of aliphatic hydroxyl groups excluding tert-OH is 1. The van der Waals surface area contributed by atoms with Gasteiger partial charge in [-0.3, -0.25) is 52.7 Å². The molecule has 0 aromatic heterocycles. The molecule has 4 rings (SSSR count). The predicted molar refractivity (Wildman–Crippen MR) is 310 cm³/mol. The lowest BCUT2D eigenvalue weighted by molar-refractivity contribution is -0.167. The second-order valence-corrected chi connectivity index (χ2v) is 25.1. The van der Waals surface area contributed by atoms with Gasteiger partial charge < -0.3 is 60.7 Å². The van der Waals surface area contributed by atoms with Crippen molar-refractivity contribution >= 4 is 65.0 Å². The highest BCUT2D eigenvalue weighted by Crippen LogP contribution is 2.36. The van der Waals surface area contributed by atoms with Gasteiger partial charge in [-0.25, -0.2) is 0 Å². The van der Waals surface area contributed by atoms with Crippen LogP contribution in [0.15, 0.2) is 12.2 Å². The zero-order valence-electron chi connectivity index (χ0n) is 52.8. The number of hydrogen-bond acceptors (Lipinski definition) is 12. The summed E-state index contributed by atoms with van der Waals surface area (Å²) in [6.45, 7) is 23.7. The molecule has 23 nitrogen and oxygen atoms in total. The Hall–Kier alpha value is -6.13. The van der Waals surface area contributed by atoms with Crippen molar-refractivity contribution < 1.29 is 57.8 Å². The van der Waals surface area contributed by atoms with E-state index in [4.69, 9.17) is 0 Å². The Bertz CT molecular complexity index is 2350. The molecule has 4 heterocycles. The van der Waals surface area contributed by atoms with E-state index in [1.54, 1.807) is 53.7 Å². The Labute approximate surface area is 487 Å². The van der Waals surface area contributed by atoms with Crippen LogP contribution < -0.4 is 21.3 Å². The second-order valence-electron chi connectivity index (χ2n) is 25.1. The summed E-state index contributed by atoms with van der Waals surface area (Å²) in [7, 11) is 8.50. The fourth-order valence-electron chi connectivity index (χ4n) is 11.5. The van der Waals surface area contributed by atoms with Gasteiger partial charge in [-0.05, 0) is 101 Å². The number of hydrogen-bond donors (Lipinski definition) is 5. The summed E-state index contributed by atoms with van der Waals surface area (Å²) < 4.78 is 0.